The van der Waals surface area contributed by atoms with Crippen molar-refractivity contribution in [2.24, 2.45) is 5.92 Å². The number of thioether (sulfide) groups is 1. The van der Waals surface area contributed by atoms with Gasteiger partial charge in [0.25, 0.3) is 0 Å². The van der Waals surface area contributed by atoms with Crippen molar-refractivity contribution in [3.8, 4) is 0 Å². The largest absolute Gasteiger partial charge is 0.355 e. The highest BCUT2D eigenvalue weighted by Gasteiger charge is 2.31. The van der Waals surface area contributed by atoms with Gasteiger partial charge in [-0.15, -0.1) is 0 Å². The molecule has 1 aliphatic rings. The van der Waals surface area contributed by atoms with E-state index in [1.165, 1.54) is 4.31 Å². The number of hydrogen-bond acceptors (Lipinski definition) is 4. The van der Waals surface area contributed by atoms with Crippen LogP contribution in [0.5, 0.6) is 0 Å². The first-order valence-electron chi connectivity index (χ1n) is 10.3. The Morgan fingerprint density at radius 1 is 1.06 bits per heavy atom. The van der Waals surface area contributed by atoms with Crippen LogP contribution in [0.1, 0.15) is 24.0 Å². The number of nitrogens with one attached hydrogen (secondary N) is 1. The molecule has 0 spiro atoms. The Balaban J connectivity index is 1.36. The molecule has 1 fully saturated rings. The number of rotatable bonds is 9. The standard InChI is InChI=1S/C22H25BrCl2N2O3S2/c23-19-4-1-16(2-5-19)15-32(29,30)27-10-7-18(8-11-27)22(28)26-9-12-31-14-17-3-6-20(24)21(25)13-17/h1-6,13,18H,7-12,14-15H2,(H,26,28). The monoisotopic (exact) mass is 578 g/mol. The molecule has 2 aromatic carbocycles. The summed E-state index contributed by atoms with van der Waals surface area (Å²) in [6, 6.07) is 12.9. The predicted octanol–water partition coefficient (Wildman–Crippen LogP) is 5.35. The van der Waals surface area contributed by atoms with Gasteiger partial charge in [-0.1, -0.05) is 57.3 Å². The average Bonchev–Trinajstić information content (AvgIpc) is 2.77. The van der Waals surface area contributed by atoms with E-state index in [-0.39, 0.29) is 17.6 Å². The summed E-state index contributed by atoms with van der Waals surface area (Å²) in [5, 5.41) is 4.06. The lowest BCUT2D eigenvalue weighted by atomic mass is 9.97. The van der Waals surface area contributed by atoms with Gasteiger partial charge in [-0.05, 0) is 48.2 Å². The van der Waals surface area contributed by atoms with E-state index in [1.54, 1.807) is 30.0 Å². The molecule has 0 aromatic heterocycles. The molecule has 1 heterocycles. The number of benzene rings is 2. The smallest absolute Gasteiger partial charge is 0.223 e. The van der Waals surface area contributed by atoms with E-state index in [1.807, 2.05) is 24.3 Å². The summed E-state index contributed by atoms with van der Waals surface area (Å²) < 4.78 is 27.8. The molecule has 0 saturated carbocycles. The number of carbonyl (C=O) groups excluding carboxylic acids is 1. The van der Waals surface area contributed by atoms with Gasteiger partial charge in [-0.25, -0.2) is 12.7 Å². The van der Waals surface area contributed by atoms with E-state index < -0.39 is 10.0 Å². The van der Waals surface area contributed by atoms with Gasteiger partial charge in [0.2, 0.25) is 15.9 Å². The minimum Gasteiger partial charge on any atom is -0.355 e. The summed E-state index contributed by atoms with van der Waals surface area (Å²) >= 11 is 17.0. The third kappa shape index (κ3) is 7.64. The number of halogens is 3. The fourth-order valence-electron chi connectivity index (χ4n) is 3.49. The van der Waals surface area contributed by atoms with Crippen molar-refractivity contribution in [3.05, 3.63) is 68.1 Å². The molecule has 174 valence electrons. The van der Waals surface area contributed by atoms with Crippen molar-refractivity contribution < 1.29 is 13.2 Å². The first kappa shape index (κ1) is 25.8. The number of nitrogens with zero attached hydrogens (tertiary/aromatic N) is 1. The number of piperidine rings is 1. The van der Waals surface area contributed by atoms with Gasteiger partial charge < -0.3 is 5.32 Å². The van der Waals surface area contributed by atoms with Crippen molar-refractivity contribution in [2.75, 3.05) is 25.4 Å². The second kappa shape index (κ2) is 12.1. The maximum Gasteiger partial charge on any atom is 0.223 e. The van der Waals surface area contributed by atoms with Crippen LogP contribution in [0.2, 0.25) is 10.0 Å². The highest BCUT2D eigenvalue weighted by Crippen LogP contribution is 2.25. The van der Waals surface area contributed by atoms with Gasteiger partial charge >= 0.3 is 0 Å². The molecule has 1 aliphatic heterocycles. The minimum atomic E-state index is -3.39. The van der Waals surface area contributed by atoms with Crippen LogP contribution < -0.4 is 5.32 Å². The minimum absolute atomic E-state index is 0.00472. The van der Waals surface area contributed by atoms with Crippen LogP contribution in [0.3, 0.4) is 0 Å². The van der Waals surface area contributed by atoms with E-state index in [0.717, 1.165) is 27.1 Å². The summed E-state index contributed by atoms with van der Waals surface area (Å²) in [5.41, 5.74) is 1.85. The number of hydrogen-bond donors (Lipinski definition) is 1. The molecule has 3 rings (SSSR count). The molecule has 32 heavy (non-hydrogen) atoms. The zero-order chi connectivity index (χ0) is 23.1. The van der Waals surface area contributed by atoms with Gasteiger partial charge in [-0.2, -0.15) is 11.8 Å². The fourth-order valence-corrected chi connectivity index (χ4v) is 6.44. The van der Waals surface area contributed by atoms with Crippen LogP contribution in [-0.4, -0.2) is 44.0 Å². The summed E-state index contributed by atoms with van der Waals surface area (Å²) in [4.78, 5) is 12.5. The van der Waals surface area contributed by atoms with Gasteiger partial charge in [0.1, 0.15) is 0 Å². The lowest BCUT2D eigenvalue weighted by molar-refractivity contribution is -0.125. The predicted molar refractivity (Wildman–Crippen MR) is 137 cm³/mol. The Labute approximate surface area is 212 Å². The Morgan fingerprint density at radius 2 is 1.72 bits per heavy atom. The van der Waals surface area contributed by atoms with Gasteiger partial charge in [0, 0.05) is 41.5 Å². The molecule has 2 aromatic rings. The molecular weight excluding hydrogens is 555 g/mol. The van der Waals surface area contributed by atoms with E-state index >= 15 is 0 Å². The molecular formula is C22H25BrCl2N2O3S2. The van der Waals surface area contributed by atoms with Crippen molar-refractivity contribution in [1.29, 1.82) is 0 Å². The number of carbonyl (C=O) groups is 1. The molecule has 0 aliphatic carbocycles. The highest BCUT2D eigenvalue weighted by atomic mass is 79.9. The Morgan fingerprint density at radius 3 is 2.38 bits per heavy atom. The molecule has 5 nitrogen and oxygen atoms in total. The molecule has 0 atom stereocenters. The van der Waals surface area contributed by atoms with Crippen LogP contribution in [0, 0.1) is 5.92 Å². The van der Waals surface area contributed by atoms with Crippen LogP contribution in [0.15, 0.2) is 46.9 Å². The molecule has 0 radical (unpaired) electrons. The first-order chi connectivity index (χ1) is 15.2. The maximum atomic E-state index is 12.7. The second-order valence-corrected chi connectivity index (χ2v) is 12.5. The Bertz CT molecular complexity index is 1030. The summed E-state index contributed by atoms with van der Waals surface area (Å²) in [6.45, 7) is 1.33. The summed E-state index contributed by atoms with van der Waals surface area (Å²) in [6.07, 6.45) is 1.09. The number of sulfonamides is 1. The zero-order valence-electron chi connectivity index (χ0n) is 17.4. The van der Waals surface area contributed by atoms with Gasteiger partial charge in [0.15, 0.2) is 0 Å². The average molecular weight is 580 g/mol. The lowest BCUT2D eigenvalue weighted by Crippen LogP contribution is -2.43. The molecule has 0 unspecified atom stereocenters. The summed E-state index contributed by atoms with van der Waals surface area (Å²) in [7, 11) is -3.39. The SMILES string of the molecule is O=C(NCCSCc1ccc(Cl)c(Cl)c1)C1CCN(S(=O)(=O)Cc2ccc(Br)cc2)CC1. The third-order valence-electron chi connectivity index (χ3n) is 5.28. The van der Waals surface area contributed by atoms with Crippen LogP contribution in [-0.2, 0) is 26.3 Å². The van der Waals surface area contributed by atoms with Crippen LogP contribution >= 0.6 is 50.9 Å². The molecule has 1 N–H and O–H groups in total. The number of amides is 1. The highest BCUT2D eigenvalue weighted by molar-refractivity contribution is 9.10. The molecule has 0 bridgehead atoms. The normalized spacial score (nSPS) is 15.6. The fraction of sp³-hybridized carbons (Fsp3) is 0.409. The summed E-state index contributed by atoms with van der Waals surface area (Å²) in [5.74, 6) is 1.42. The van der Waals surface area contributed by atoms with Crippen molar-refractivity contribution in [1.82, 2.24) is 9.62 Å². The van der Waals surface area contributed by atoms with E-state index in [4.69, 9.17) is 23.2 Å². The molecule has 1 amide bonds. The first-order valence-corrected chi connectivity index (χ1v) is 14.6. The third-order valence-corrected chi connectivity index (χ3v) is 9.43. The van der Waals surface area contributed by atoms with E-state index in [0.29, 0.717) is 42.5 Å². The second-order valence-electron chi connectivity index (χ2n) is 7.65. The van der Waals surface area contributed by atoms with Crippen LogP contribution in [0.4, 0.5) is 0 Å². The lowest BCUT2D eigenvalue weighted by Gasteiger charge is -2.30. The molecule has 10 heteroatoms. The Kier molecular flexibility index (Phi) is 9.76. The van der Waals surface area contributed by atoms with Crippen molar-refractivity contribution in [2.45, 2.75) is 24.3 Å². The van der Waals surface area contributed by atoms with Crippen molar-refractivity contribution in [3.63, 3.8) is 0 Å². The molecule has 1 saturated heterocycles. The maximum absolute atomic E-state index is 12.7. The van der Waals surface area contributed by atoms with Crippen LogP contribution in [0.25, 0.3) is 0 Å². The topological polar surface area (TPSA) is 66.5 Å². The van der Waals surface area contributed by atoms with Gasteiger partial charge in [-0.3, -0.25) is 4.79 Å². The van der Waals surface area contributed by atoms with E-state index in [2.05, 4.69) is 21.2 Å². The Hall–Kier alpha value is -0.770. The van der Waals surface area contributed by atoms with Crippen molar-refractivity contribution >= 4 is 66.8 Å². The van der Waals surface area contributed by atoms with Gasteiger partial charge in [0.05, 0.1) is 15.8 Å². The van der Waals surface area contributed by atoms with E-state index in [9.17, 15) is 13.2 Å². The quantitative estimate of drug-likeness (QED) is 0.407. The zero-order valence-corrected chi connectivity index (χ0v) is 22.1.